The molecule has 0 aliphatic heterocycles. The molecule has 0 aliphatic rings. The van der Waals surface area contributed by atoms with Crippen molar-refractivity contribution in [1.82, 2.24) is 0 Å². The Morgan fingerprint density at radius 2 is 1.60 bits per heavy atom. The van der Waals surface area contributed by atoms with Crippen molar-refractivity contribution in [2.75, 3.05) is 0 Å². The van der Waals surface area contributed by atoms with E-state index < -0.39 is 17.7 Å². The molecule has 20 heavy (non-hydrogen) atoms. The average molecular weight is 282 g/mol. The van der Waals surface area contributed by atoms with Gasteiger partial charge in [-0.05, 0) is 41.5 Å². The lowest BCUT2D eigenvalue weighted by atomic mass is 9.98. The van der Waals surface area contributed by atoms with Crippen LogP contribution in [0.15, 0.2) is 42.5 Å². The van der Waals surface area contributed by atoms with Crippen LogP contribution < -0.4 is 0 Å². The van der Waals surface area contributed by atoms with Crippen LogP contribution in [0.2, 0.25) is 0 Å². The van der Waals surface area contributed by atoms with E-state index in [-0.39, 0.29) is 16.9 Å². The van der Waals surface area contributed by atoms with Crippen molar-refractivity contribution < 1.29 is 28.2 Å². The Kier molecular flexibility index (Phi) is 3.40. The highest BCUT2D eigenvalue weighted by Gasteiger charge is 2.30. The normalized spacial score (nSPS) is 11.3. The second-order valence-electron chi connectivity index (χ2n) is 4.11. The molecule has 0 aromatic heterocycles. The molecular weight excluding hydrogens is 273 g/mol. The summed E-state index contributed by atoms with van der Waals surface area (Å²) in [5.41, 5.74) is -0.416. The van der Waals surface area contributed by atoms with Crippen LogP contribution in [0.25, 0.3) is 11.1 Å². The number of hydrogen-bond donors (Lipinski definition) is 2. The second-order valence-corrected chi connectivity index (χ2v) is 4.11. The number of alkyl halides is 3. The van der Waals surface area contributed by atoms with Gasteiger partial charge >= 0.3 is 12.1 Å². The molecule has 0 fully saturated rings. The Bertz CT molecular complexity index is 646. The van der Waals surface area contributed by atoms with Crippen LogP contribution in [0.4, 0.5) is 13.2 Å². The number of benzene rings is 2. The van der Waals surface area contributed by atoms with Gasteiger partial charge in [-0.3, -0.25) is 0 Å². The third-order valence-electron chi connectivity index (χ3n) is 2.76. The molecule has 0 spiro atoms. The average Bonchev–Trinajstić information content (AvgIpc) is 2.37. The zero-order valence-corrected chi connectivity index (χ0v) is 9.98. The zero-order chi connectivity index (χ0) is 14.9. The van der Waals surface area contributed by atoms with Crippen LogP contribution in [0.1, 0.15) is 15.9 Å². The summed E-state index contributed by atoms with van der Waals surface area (Å²) in [6.07, 6.45) is -4.44. The third kappa shape index (κ3) is 2.74. The van der Waals surface area contributed by atoms with Crippen molar-refractivity contribution in [1.29, 1.82) is 0 Å². The SMILES string of the molecule is O=C(O)c1cc(O)ccc1-c1ccc(C(F)(F)F)cc1. The van der Waals surface area contributed by atoms with Gasteiger partial charge in [-0.25, -0.2) is 4.79 Å². The number of carbonyl (C=O) groups is 1. The molecule has 0 radical (unpaired) electrons. The van der Waals surface area contributed by atoms with Crippen molar-refractivity contribution in [3.63, 3.8) is 0 Å². The van der Waals surface area contributed by atoms with Gasteiger partial charge in [0.2, 0.25) is 0 Å². The van der Waals surface area contributed by atoms with E-state index in [1.54, 1.807) is 0 Å². The predicted octanol–water partition coefficient (Wildman–Crippen LogP) is 3.78. The summed E-state index contributed by atoms with van der Waals surface area (Å²) in [7, 11) is 0. The predicted molar refractivity (Wildman–Crippen MR) is 65.5 cm³/mol. The van der Waals surface area contributed by atoms with Crippen molar-refractivity contribution >= 4 is 5.97 Å². The van der Waals surface area contributed by atoms with Gasteiger partial charge in [-0.2, -0.15) is 13.2 Å². The molecule has 0 unspecified atom stereocenters. The summed E-state index contributed by atoms with van der Waals surface area (Å²) in [6, 6.07) is 7.83. The number of rotatable bonds is 2. The van der Waals surface area contributed by atoms with Crippen molar-refractivity contribution in [3.05, 3.63) is 53.6 Å². The van der Waals surface area contributed by atoms with E-state index in [4.69, 9.17) is 5.11 Å². The molecular formula is C14H9F3O3. The number of carboxylic acids is 1. The topological polar surface area (TPSA) is 57.5 Å². The fourth-order valence-electron chi connectivity index (χ4n) is 1.80. The Balaban J connectivity index is 2.50. The summed E-state index contributed by atoms with van der Waals surface area (Å²) < 4.78 is 37.4. The van der Waals surface area contributed by atoms with E-state index in [1.165, 1.54) is 24.3 Å². The summed E-state index contributed by atoms with van der Waals surface area (Å²) in [4.78, 5) is 11.1. The van der Waals surface area contributed by atoms with Gasteiger partial charge in [0.15, 0.2) is 0 Å². The minimum absolute atomic E-state index is 0.176. The van der Waals surface area contributed by atoms with Gasteiger partial charge in [0, 0.05) is 0 Å². The molecule has 3 nitrogen and oxygen atoms in total. The summed E-state index contributed by atoms with van der Waals surface area (Å²) >= 11 is 0. The van der Waals surface area contributed by atoms with Crippen LogP contribution in [0.3, 0.4) is 0 Å². The van der Waals surface area contributed by atoms with Crippen LogP contribution in [-0.2, 0) is 6.18 Å². The number of halogens is 3. The van der Waals surface area contributed by atoms with E-state index in [2.05, 4.69) is 0 Å². The minimum Gasteiger partial charge on any atom is -0.508 e. The highest BCUT2D eigenvalue weighted by Crippen LogP contribution is 2.32. The molecule has 0 atom stereocenters. The number of carboxylic acid groups (broad SMARTS) is 1. The fraction of sp³-hybridized carbons (Fsp3) is 0.0714. The first-order valence-electron chi connectivity index (χ1n) is 5.53. The molecule has 2 aromatic carbocycles. The fourth-order valence-corrected chi connectivity index (χ4v) is 1.80. The van der Waals surface area contributed by atoms with Crippen LogP contribution in [0.5, 0.6) is 5.75 Å². The quantitative estimate of drug-likeness (QED) is 0.881. The maximum absolute atomic E-state index is 12.5. The number of hydrogen-bond acceptors (Lipinski definition) is 2. The lowest BCUT2D eigenvalue weighted by Gasteiger charge is -2.10. The summed E-state index contributed by atoms with van der Waals surface area (Å²) in [5.74, 6) is -1.49. The maximum Gasteiger partial charge on any atom is 0.416 e. The van der Waals surface area contributed by atoms with Crippen LogP contribution in [0, 0.1) is 0 Å². The first kappa shape index (κ1) is 13.9. The van der Waals surface area contributed by atoms with Gasteiger partial charge in [0.1, 0.15) is 5.75 Å². The molecule has 6 heteroatoms. The standard InChI is InChI=1S/C14H9F3O3/c15-14(16,17)9-3-1-8(2-4-9)11-6-5-10(18)7-12(11)13(19)20/h1-7,18H,(H,19,20). The lowest BCUT2D eigenvalue weighted by molar-refractivity contribution is -0.137. The summed E-state index contributed by atoms with van der Waals surface area (Å²) in [5, 5.41) is 18.3. The lowest BCUT2D eigenvalue weighted by Crippen LogP contribution is -2.04. The monoisotopic (exact) mass is 282 g/mol. The smallest absolute Gasteiger partial charge is 0.416 e. The molecule has 0 heterocycles. The maximum atomic E-state index is 12.5. The molecule has 2 aromatic rings. The second kappa shape index (κ2) is 4.88. The molecule has 2 N–H and O–H groups in total. The van der Waals surface area contributed by atoms with Gasteiger partial charge in [-0.15, -0.1) is 0 Å². The van der Waals surface area contributed by atoms with Crippen molar-refractivity contribution in [3.8, 4) is 16.9 Å². The van der Waals surface area contributed by atoms with E-state index in [0.29, 0.717) is 5.56 Å². The van der Waals surface area contributed by atoms with E-state index >= 15 is 0 Å². The molecule has 0 amide bonds. The van der Waals surface area contributed by atoms with E-state index in [0.717, 1.165) is 18.2 Å². The van der Waals surface area contributed by atoms with Gasteiger partial charge < -0.3 is 10.2 Å². The Morgan fingerprint density at radius 1 is 1.00 bits per heavy atom. The van der Waals surface area contributed by atoms with Gasteiger partial charge in [-0.1, -0.05) is 12.1 Å². The number of phenols is 1. The van der Waals surface area contributed by atoms with Crippen LogP contribution in [-0.4, -0.2) is 16.2 Å². The van der Waals surface area contributed by atoms with Crippen molar-refractivity contribution in [2.45, 2.75) is 6.18 Å². The Labute approximate surface area is 111 Å². The Hall–Kier alpha value is -2.50. The largest absolute Gasteiger partial charge is 0.508 e. The highest BCUT2D eigenvalue weighted by molar-refractivity contribution is 5.96. The first-order chi connectivity index (χ1) is 9.29. The van der Waals surface area contributed by atoms with Gasteiger partial charge in [0.25, 0.3) is 0 Å². The molecule has 0 bridgehead atoms. The minimum atomic E-state index is -4.44. The van der Waals surface area contributed by atoms with E-state index in [1.807, 2.05) is 0 Å². The number of aromatic carboxylic acids is 1. The molecule has 2 rings (SSSR count). The zero-order valence-electron chi connectivity index (χ0n) is 9.98. The number of aromatic hydroxyl groups is 1. The first-order valence-corrected chi connectivity index (χ1v) is 5.53. The molecule has 0 aliphatic carbocycles. The third-order valence-corrected chi connectivity index (χ3v) is 2.76. The molecule has 0 saturated carbocycles. The summed E-state index contributed by atoms with van der Waals surface area (Å²) in [6.45, 7) is 0. The Morgan fingerprint density at radius 3 is 2.10 bits per heavy atom. The number of phenolic OH excluding ortho intramolecular Hbond substituents is 1. The van der Waals surface area contributed by atoms with Crippen molar-refractivity contribution in [2.24, 2.45) is 0 Å². The molecule has 104 valence electrons. The van der Waals surface area contributed by atoms with Crippen LogP contribution >= 0.6 is 0 Å². The highest BCUT2D eigenvalue weighted by atomic mass is 19.4. The van der Waals surface area contributed by atoms with Gasteiger partial charge in [0.05, 0.1) is 11.1 Å². The van der Waals surface area contributed by atoms with E-state index in [9.17, 15) is 23.1 Å². The molecule has 0 saturated heterocycles.